The van der Waals surface area contributed by atoms with E-state index in [0.717, 1.165) is 32.1 Å². The number of fused-ring (bicyclic) bond motifs is 1. The summed E-state index contributed by atoms with van der Waals surface area (Å²) in [5.74, 6) is 0.770. The molecule has 2 heterocycles. The Bertz CT molecular complexity index is 576. The van der Waals surface area contributed by atoms with Gasteiger partial charge in [0.05, 0.1) is 0 Å². The molecule has 130 valence electrons. The molecule has 3 rings (SSSR count). The minimum Gasteiger partial charge on any atom is -0.361 e. The van der Waals surface area contributed by atoms with Crippen LogP contribution in [0, 0.1) is 5.92 Å². The number of hydrogen-bond acceptors (Lipinski definition) is 2. The van der Waals surface area contributed by atoms with E-state index in [-0.39, 0.29) is 24.8 Å². The predicted molar refractivity (Wildman–Crippen MR) is 104 cm³/mol. The molecule has 5 heteroatoms. The first-order chi connectivity index (χ1) is 10.2. The van der Waals surface area contributed by atoms with E-state index in [9.17, 15) is 0 Å². The molecule has 0 amide bonds. The highest BCUT2D eigenvalue weighted by Gasteiger charge is 2.22. The van der Waals surface area contributed by atoms with E-state index < -0.39 is 0 Å². The number of rotatable bonds is 5. The van der Waals surface area contributed by atoms with Crippen molar-refractivity contribution in [3.05, 3.63) is 36.0 Å². The van der Waals surface area contributed by atoms with E-state index in [1.165, 1.54) is 29.3 Å². The Morgan fingerprint density at radius 1 is 1.04 bits per heavy atom. The van der Waals surface area contributed by atoms with Gasteiger partial charge >= 0.3 is 0 Å². The van der Waals surface area contributed by atoms with Crippen molar-refractivity contribution < 1.29 is 0 Å². The number of H-pyrrole nitrogens is 1. The maximum absolute atomic E-state index is 3.46. The van der Waals surface area contributed by atoms with Gasteiger partial charge in [-0.1, -0.05) is 19.9 Å². The van der Waals surface area contributed by atoms with Crippen molar-refractivity contribution in [3.8, 4) is 0 Å². The zero-order valence-electron chi connectivity index (χ0n) is 14.0. The lowest BCUT2D eigenvalue weighted by molar-refractivity contribution is 0.160. The van der Waals surface area contributed by atoms with Crippen LogP contribution in [0.3, 0.4) is 0 Å². The topological polar surface area (TPSA) is 31.1 Å². The SMILES string of the molecule is CC(C)CC[C@@H](c1ccc2[nH]ccc2c1)N1CCNCC1.Cl.Cl. The lowest BCUT2D eigenvalue weighted by Gasteiger charge is -2.35. The molecule has 1 aliphatic heterocycles. The number of halogens is 2. The molecule has 23 heavy (non-hydrogen) atoms. The Morgan fingerprint density at radius 3 is 2.48 bits per heavy atom. The quantitative estimate of drug-likeness (QED) is 0.830. The van der Waals surface area contributed by atoms with Crippen LogP contribution in [0.4, 0.5) is 0 Å². The summed E-state index contributed by atoms with van der Waals surface area (Å²) < 4.78 is 0. The maximum atomic E-state index is 3.46. The molecule has 1 aliphatic rings. The van der Waals surface area contributed by atoms with Crippen molar-refractivity contribution in [2.24, 2.45) is 5.92 Å². The molecule has 0 unspecified atom stereocenters. The highest BCUT2D eigenvalue weighted by atomic mass is 35.5. The van der Waals surface area contributed by atoms with E-state index in [0.29, 0.717) is 6.04 Å². The van der Waals surface area contributed by atoms with Crippen molar-refractivity contribution in [3.63, 3.8) is 0 Å². The normalized spacial score (nSPS) is 16.8. The van der Waals surface area contributed by atoms with E-state index >= 15 is 0 Å². The molecular formula is C18H29Cl2N3. The lowest BCUT2D eigenvalue weighted by atomic mass is 9.95. The van der Waals surface area contributed by atoms with Crippen LogP contribution < -0.4 is 5.32 Å². The van der Waals surface area contributed by atoms with Crippen LogP contribution in [0.15, 0.2) is 30.5 Å². The van der Waals surface area contributed by atoms with Gasteiger partial charge in [-0.15, -0.1) is 24.8 Å². The van der Waals surface area contributed by atoms with Crippen LogP contribution in [-0.2, 0) is 0 Å². The van der Waals surface area contributed by atoms with Crippen molar-refractivity contribution in [2.45, 2.75) is 32.7 Å². The number of piperazine rings is 1. The van der Waals surface area contributed by atoms with Gasteiger partial charge < -0.3 is 10.3 Å². The zero-order chi connectivity index (χ0) is 14.7. The average Bonchev–Trinajstić information content (AvgIpc) is 2.96. The third kappa shape index (κ3) is 5.12. The number of aromatic amines is 1. The Kier molecular flexibility index (Phi) is 8.41. The van der Waals surface area contributed by atoms with Crippen LogP contribution in [0.25, 0.3) is 10.9 Å². The molecule has 3 nitrogen and oxygen atoms in total. The third-order valence-corrected chi connectivity index (χ3v) is 4.57. The van der Waals surface area contributed by atoms with Gasteiger partial charge in [0.15, 0.2) is 0 Å². The molecule has 1 aromatic heterocycles. The summed E-state index contributed by atoms with van der Waals surface area (Å²) >= 11 is 0. The van der Waals surface area contributed by atoms with Gasteiger partial charge in [0, 0.05) is 43.9 Å². The minimum atomic E-state index is 0. The first-order valence-corrected chi connectivity index (χ1v) is 8.26. The summed E-state index contributed by atoms with van der Waals surface area (Å²) in [7, 11) is 0. The monoisotopic (exact) mass is 357 g/mol. The van der Waals surface area contributed by atoms with Crippen LogP contribution in [0.1, 0.15) is 38.3 Å². The summed E-state index contributed by atoms with van der Waals surface area (Å²) in [6, 6.07) is 9.66. The summed E-state index contributed by atoms with van der Waals surface area (Å²) in [5, 5.41) is 4.80. The second-order valence-corrected chi connectivity index (χ2v) is 6.60. The number of nitrogens with zero attached hydrogens (tertiary/aromatic N) is 1. The number of hydrogen-bond donors (Lipinski definition) is 2. The zero-order valence-corrected chi connectivity index (χ0v) is 15.7. The molecule has 0 bridgehead atoms. The molecule has 0 radical (unpaired) electrons. The van der Waals surface area contributed by atoms with E-state index in [4.69, 9.17) is 0 Å². The fourth-order valence-corrected chi connectivity index (χ4v) is 3.32. The predicted octanol–water partition coefficient (Wildman–Crippen LogP) is 4.39. The van der Waals surface area contributed by atoms with Gasteiger partial charge in [-0.05, 0) is 47.9 Å². The number of nitrogens with one attached hydrogen (secondary N) is 2. The van der Waals surface area contributed by atoms with Crippen LogP contribution in [-0.4, -0.2) is 36.1 Å². The Balaban J connectivity index is 0.00000132. The molecular weight excluding hydrogens is 329 g/mol. The average molecular weight is 358 g/mol. The van der Waals surface area contributed by atoms with Gasteiger partial charge in [-0.25, -0.2) is 0 Å². The van der Waals surface area contributed by atoms with Gasteiger partial charge in [0.25, 0.3) is 0 Å². The van der Waals surface area contributed by atoms with Crippen molar-refractivity contribution in [2.75, 3.05) is 26.2 Å². The van der Waals surface area contributed by atoms with Crippen LogP contribution in [0.5, 0.6) is 0 Å². The van der Waals surface area contributed by atoms with Gasteiger partial charge in [-0.2, -0.15) is 0 Å². The summed E-state index contributed by atoms with van der Waals surface area (Å²) in [6.07, 6.45) is 4.58. The molecule has 2 aromatic rings. The summed E-state index contributed by atoms with van der Waals surface area (Å²) in [6.45, 7) is 9.20. The summed E-state index contributed by atoms with van der Waals surface area (Å²) in [5.41, 5.74) is 2.71. The molecule has 1 atom stereocenters. The van der Waals surface area contributed by atoms with Crippen LogP contribution in [0.2, 0.25) is 0 Å². The largest absolute Gasteiger partial charge is 0.361 e. The Morgan fingerprint density at radius 2 is 1.78 bits per heavy atom. The molecule has 0 spiro atoms. The first-order valence-electron chi connectivity index (χ1n) is 8.26. The van der Waals surface area contributed by atoms with Gasteiger partial charge in [-0.3, -0.25) is 4.90 Å². The Hall–Kier alpha value is -0.740. The highest BCUT2D eigenvalue weighted by Crippen LogP contribution is 2.29. The van der Waals surface area contributed by atoms with Gasteiger partial charge in [0.2, 0.25) is 0 Å². The smallest absolute Gasteiger partial charge is 0.0454 e. The summed E-state index contributed by atoms with van der Waals surface area (Å²) in [4.78, 5) is 5.95. The van der Waals surface area contributed by atoms with Crippen molar-refractivity contribution >= 4 is 35.7 Å². The second-order valence-electron chi connectivity index (χ2n) is 6.60. The lowest BCUT2D eigenvalue weighted by Crippen LogP contribution is -2.45. The second kappa shape index (κ2) is 9.53. The van der Waals surface area contributed by atoms with Crippen LogP contribution >= 0.6 is 24.8 Å². The number of aromatic nitrogens is 1. The molecule has 0 aliphatic carbocycles. The molecule has 0 saturated carbocycles. The van der Waals surface area contributed by atoms with Crippen molar-refractivity contribution in [1.82, 2.24) is 15.2 Å². The van der Waals surface area contributed by atoms with E-state index in [1.807, 2.05) is 6.20 Å². The van der Waals surface area contributed by atoms with Crippen molar-refractivity contribution in [1.29, 1.82) is 0 Å². The fraction of sp³-hybridized carbons (Fsp3) is 0.556. The standard InChI is InChI=1S/C18H27N3.2ClH/c1-14(2)3-6-18(21-11-9-19-10-12-21)16-4-5-17-15(13-16)7-8-20-17;;/h4-5,7-8,13-14,18-20H,3,6,9-12H2,1-2H3;2*1H/t18-;;/m0../s1. The maximum Gasteiger partial charge on any atom is 0.0454 e. The highest BCUT2D eigenvalue weighted by molar-refractivity contribution is 5.85. The number of benzene rings is 1. The van der Waals surface area contributed by atoms with E-state index in [1.54, 1.807) is 0 Å². The fourth-order valence-electron chi connectivity index (χ4n) is 3.32. The molecule has 1 fully saturated rings. The molecule has 2 N–H and O–H groups in total. The Labute approximate surface area is 152 Å². The third-order valence-electron chi connectivity index (χ3n) is 4.57. The molecule has 1 saturated heterocycles. The molecule has 1 aromatic carbocycles. The van der Waals surface area contributed by atoms with E-state index in [2.05, 4.69) is 53.3 Å². The first kappa shape index (κ1) is 20.3. The minimum absolute atomic E-state index is 0. The van der Waals surface area contributed by atoms with Gasteiger partial charge in [0.1, 0.15) is 0 Å².